The Morgan fingerprint density at radius 2 is 2.09 bits per heavy atom. The lowest BCUT2D eigenvalue weighted by Crippen LogP contribution is -1.98. The van der Waals surface area contributed by atoms with Crippen LogP contribution in [0.15, 0.2) is 36.0 Å². The van der Waals surface area contributed by atoms with Gasteiger partial charge in [-0.1, -0.05) is 18.7 Å². The Morgan fingerprint density at radius 1 is 1.55 bits per heavy atom. The highest BCUT2D eigenvalue weighted by molar-refractivity contribution is 5.94. The molecule has 0 atom stereocenters. The van der Waals surface area contributed by atoms with Gasteiger partial charge in [-0.15, -0.1) is 12.4 Å². The molecule has 0 bridgehead atoms. The summed E-state index contributed by atoms with van der Waals surface area (Å²) < 4.78 is 0. The van der Waals surface area contributed by atoms with E-state index in [4.69, 9.17) is 5.11 Å². The minimum atomic E-state index is -0.912. The highest BCUT2D eigenvalue weighted by Crippen LogP contribution is 2.15. The summed E-state index contributed by atoms with van der Waals surface area (Å²) in [5.74, 6) is -0.912. The van der Waals surface area contributed by atoms with Crippen molar-refractivity contribution in [1.29, 1.82) is 0 Å². The molecule has 4 heteroatoms. The molecule has 1 rings (SSSR count). The second-order valence-electron chi connectivity index (χ2n) is 1.77. The highest BCUT2D eigenvalue weighted by Gasteiger charge is 2.10. The van der Waals surface area contributed by atoms with Crippen LogP contribution in [0.1, 0.15) is 0 Å². The monoisotopic (exact) mass is 175 g/mol. The van der Waals surface area contributed by atoms with Gasteiger partial charge in [-0.05, 0) is 11.6 Å². The van der Waals surface area contributed by atoms with Crippen LogP contribution in [-0.2, 0) is 4.79 Å². The van der Waals surface area contributed by atoms with E-state index in [1.165, 1.54) is 6.08 Å². The molecule has 0 heterocycles. The number of carboxylic acids is 1. The minimum Gasteiger partial charge on any atom is -0.478 e. The Balaban J connectivity index is 0. The van der Waals surface area contributed by atoms with Crippen molar-refractivity contribution in [3.63, 3.8) is 0 Å². The Morgan fingerprint density at radius 3 is 2.27 bits per heavy atom. The average Bonchev–Trinajstić information content (AvgIpc) is 2.13. The summed E-state index contributed by atoms with van der Waals surface area (Å²) in [6.07, 6.45) is 4.87. The van der Waals surface area contributed by atoms with Gasteiger partial charge in [0.1, 0.15) is 0 Å². The molecule has 0 aromatic rings. The van der Waals surface area contributed by atoms with Gasteiger partial charge in [-0.3, -0.25) is 0 Å². The smallest absolute Gasteiger partial charge is 0.336 e. The quantitative estimate of drug-likeness (QED) is 0.637. The van der Waals surface area contributed by atoms with Gasteiger partial charge in [0.05, 0.1) is 5.57 Å². The van der Waals surface area contributed by atoms with Crippen molar-refractivity contribution in [3.05, 3.63) is 36.0 Å². The molecule has 1 aliphatic carbocycles. The molecular weight excluding hydrogens is 166 g/mol. The largest absolute Gasteiger partial charge is 0.478 e. The Labute approximate surface area is 71.1 Å². The molecule has 0 aliphatic heterocycles. The Hall–Kier alpha value is -1.06. The van der Waals surface area contributed by atoms with Crippen LogP contribution in [0.4, 0.5) is 0 Å². The van der Waals surface area contributed by atoms with E-state index in [0.717, 1.165) is 0 Å². The number of carboxylic acid groups (broad SMARTS) is 1. The fourth-order valence-electron chi connectivity index (χ4n) is 0.666. The third-order valence-electron chi connectivity index (χ3n) is 1.14. The van der Waals surface area contributed by atoms with E-state index in [2.05, 4.69) is 6.58 Å². The number of halogens is 1. The SMILES string of the molecule is C=C1C=CC=C1C(=O)O.Cl.N. The normalized spacial score (nSPS) is 13.1. The van der Waals surface area contributed by atoms with E-state index >= 15 is 0 Å². The molecule has 0 fully saturated rings. The van der Waals surface area contributed by atoms with E-state index in [1.807, 2.05) is 0 Å². The topological polar surface area (TPSA) is 72.3 Å². The maximum atomic E-state index is 10.2. The van der Waals surface area contributed by atoms with Crippen LogP contribution in [0.25, 0.3) is 0 Å². The third kappa shape index (κ3) is 2.57. The van der Waals surface area contributed by atoms with Crippen molar-refractivity contribution in [2.45, 2.75) is 0 Å². The first-order valence-corrected chi connectivity index (χ1v) is 2.53. The van der Waals surface area contributed by atoms with E-state index in [9.17, 15) is 4.79 Å². The first-order valence-electron chi connectivity index (χ1n) is 2.53. The molecule has 11 heavy (non-hydrogen) atoms. The predicted molar refractivity (Wildman–Crippen MR) is 46.3 cm³/mol. The zero-order valence-electron chi connectivity index (χ0n) is 5.91. The van der Waals surface area contributed by atoms with Crippen LogP contribution in [-0.4, -0.2) is 11.1 Å². The standard InChI is InChI=1S/C7H6O2.ClH.H3N/c1-5-3-2-4-6(5)7(8)9;;/h2-4H,1H2,(H,8,9);1H;1H3. The highest BCUT2D eigenvalue weighted by atomic mass is 35.5. The van der Waals surface area contributed by atoms with E-state index in [-0.39, 0.29) is 24.1 Å². The maximum Gasteiger partial charge on any atom is 0.336 e. The van der Waals surface area contributed by atoms with E-state index < -0.39 is 5.97 Å². The first-order chi connectivity index (χ1) is 4.22. The number of rotatable bonds is 1. The van der Waals surface area contributed by atoms with Gasteiger partial charge in [-0.25, -0.2) is 4.79 Å². The minimum absolute atomic E-state index is 0. The van der Waals surface area contributed by atoms with Crippen molar-refractivity contribution in [3.8, 4) is 0 Å². The van der Waals surface area contributed by atoms with Crippen molar-refractivity contribution in [1.82, 2.24) is 6.15 Å². The van der Waals surface area contributed by atoms with Gasteiger partial charge in [-0.2, -0.15) is 0 Å². The lowest BCUT2D eigenvalue weighted by atomic mass is 10.2. The van der Waals surface area contributed by atoms with Crippen molar-refractivity contribution >= 4 is 18.4 Å². The predicted octanol–water partition coefficient (Wildman–Crippen LogP) is 1.71. The summed E-state index contributed by atoms with van der Waals surface area (Å²) >= 11 is 0. The Kier molecular flexibility index (Phi) is 5.39. The molecule has 4 N–H and O–H groups in total. The molecule has 0 amide bonds. The first kappa shape index (κ1) is 12.6. The van der Waals surface area contributed by atoms with Gasteiger partial charge in [0.25, 0.3) is 0 Å². The maximum absolute atomic E-state index is 10.2. The molecule has 0 aromatic heterocycles. The van der Waals surface area contributed by atoms with Gasteiger partial charge in [0.15, 0.2) is 0 Å². The number of allylic oxidation sites excluding steroid dienone is 3. The molecule has 3 nitrogen and oxygen atoms in total. The molecule has 0 radical (unpaired) electrons. The summed E-state index contributed by atoms with van der Waals surface area (Å²) in [5.41, 5.74) is 0.859. The second-order valence-corrected chi connectivity index (χ2v) is 1.77. The molecular formula is C7H10ClNO2. The van der Waals surface area contributed by atoms with Crippen LogP contribution in [0.3, 0.4) is 0 Å². The molecule has 1 aliphatic rings. The van der Waals surface area contributed by atoms with Gasteiger partial charge in [0.2, 0.25) is 0 Å². The van der Waals surface area contributed by atoms with Crippen LogP contribution < -0.4 is 6.15 Å². The van der Waals surface area contributed by atoms with Crippen LogP contribution in [0.5, 0.6) is 0 Å². The fourth-order valence-corrected chi connectivity index (χ4v) is 0.666. The molecule has 0 saturated carbocycles. The van der Waals surface area contributed by atoms with E-state index in [0.29, 0.717) is 5.57 Å². The lowest BCUT2D eigenvalue weighted by molar-refractivity contribution is -0.132. The second kappa shape index (κ2) is 4.71. The summed E-state index contributed by atoms with van der Waals surface area (Å²) in [7, 11) is 0. The number of aliphatic carboxylic acids is 1. The molecule has 0 saturated heterocycles. The van der Waals surface area contributed by atoms with Gasteiger partial charge >= 0.3 is 5.97 Å². The fraction of sp³-hybridized carbons (Fsp3) is 0. The number of hydrogen-bond donors (Lipinski definition) is 2. The Bertz CT molecular complexity index is 231. The van der Waals surface area contributed by atoms with Crippen molar-refractivity contribution in [2.75, 3.05) is 0 Å². The molecule has 0 aromatic carbocycles. The zero-order chi connectivity index (χ0) is 6.85. The van der Waals surface area contributed by atoms with Crippen molar-refractivity contribution < 1.29 is 9.90 Å². The third-order valence-corrected chi connectivity index (χ3v) is 1.14. The summed E-state index contributed by atoms with van der Waals surface area (Å²) in [6.45, 7) is 3.52. The van der Waals surface area contributed by atoms with Crippen molar-refractivity contribution in [2.24, 2.45) is 0 Å². The lowest BCUT2D eigenvalue weighted by Gasteiger charge is -1.92. The summed E-state index contributed by atoms with van der Waals surface area (Å²) in [6, 6.07) is 0. The molecule has 62 valence electrons. The average molecular weight is 176 g/mol. The van der Waals surface area contributed by atoms with Gasteiger partial charge in [0, 0.05) is 0 Å². The molecule has 0 spiro atoms. The van der Waals surface area contributed by atoms with E-state index in [1.54, 1.807) is 12.2 Å². The molecule has 0 unspecified atom stereocenters. The van der Waals surface area contributed by atoms with Gasteiger partial charge < -0.3 is 11.3 Å². The van der Waals surface area contributed by atoms with Crippen LogP contribution in [0.2, 0.25) is 0 Å². The van der Waals surface area contributed by atoms with Crippen LogP contribution in [0, 0.1) is 0 Å². The number of hydrogen-bond acceptors (Lipinski definition) is 2. The number of carbonyl (C=O) groups is 1. The summed E-state index contributed by atoms with van der Waals surface area (Å²) in [4.78, 5) is 10.2. The van der Waals surface area contributed by atoms with Crippen LogP contribution >= 0.6 is 12.4 Å². The summed E-state index contributed by atoms with van der Waals surface area (Å²) in [5, 5.41) is 8.41. The zero-order valence-corrected chi connectivity index (χ0v) is 6.73.